The summed E-state index contributed by atoms with van der Waals surface area (Å²) in [5.74, 6) is 0.190. The number of aromatic nitrogens is 1. The average molecular weight is 132 g/mol. The van der Waals surface area contributed by atoms with Crippen LogP contribution in [0.3, 0.4) is 0 Å². The number of aryl methyl sites for hydroxylation is 1. The Morgan fingerprint density at radius 3 is 2.50 bits per heavy atom. The molecule has 1 N–H and O–H groups in total. The maximum Gasteiger partial charge on any atom is 0.192 e. The molecule has 0 aliphatic carbocycles. The van der Waals surface area contributed by atoms with E-state index in [0.717, 1.165) is 0 Å². The maximum absolute atomic E-state index is 8.82. The lowest BCUT2D eigenvalue weighted by Crippen LogP contribution is -1.79. The second kappa shape index (κ2) is 1.71. The van der Waals surface area contributed by atoms with Gasteiger partial charge >= 0.3 is 0 Å². The Bertz CT molecular complexity index is 175. The first-order valence-corrected chi connectivity index (χ1v) is 2.59. The van der Waals surface area contributed by atoms with E-state index in [4.69, 9.17) is 16.7 Å². The SMILES string of the molecule is Cn1cc(Cl)cc1O. The van der Waals surface area contributed by atoms with Crippen LogP contribution in [0.25, 0.3) is 0 Å². The lowest BCUT2D eigenvalue weighted by atomic mass is 10.6. The van der Waals surface area contributed by atoms with E-state index in [1.807, 2.05) is 0 Å². The lowest BCUT2D eigenvalue weighted by molar-refractivity contribution is 0.432. The van der Waals surface area contributed by atoms with Crippen LogP contribution in [0.4, 0.5) is 0 Å². The van der Waals surface area contributed by atoms with Crippen LogP contribution < -0.4 is 0 Å². The van der Waals surface area contributed by atoms with Crippen molar-refractivity contribution in [3.8, 4) is 5.88 Å². The van der Waals surface area contributed by atoms with Gasteiger partial charge in [0.25, 0.3) is 0 Å². The van der Waals surface area contributed by atoms with E-state index in [-0.39, 0.29) is 5.88 Å². The van der Waals surface area contributed by atoms with Crippen LogP contribution in [-0.2, 0) is 7.05 Å². The molecule has 3 heteroatoms. The Hall–Kier alpha value is -0.630. The molecule has 0 spiro atoms. The minimum atomic E-state index is 0.190. The van der Waals surface area contributed by atoms with Crippen LogP contribution in [0.5, 0.6) is 5.88 Å². The number of halogens is 1. The van der Waals surface area contributed by atoms with E-state index in [0.29, 0.717) is 5.02 Å². The minimum absolute atomic E-state index is 0.190. The van der Waals surface area contributed by atoms with E-state index >= 15 is 0 Å². The first-order valence-electron chi connectivity index (χ1n) is 2.21. The summed E-state index contributed by atoms with van der Waals surface area (Å²) in [4.78, 5) is 0. The summed E-state index contributed by atoms with van der Waals surface area (Å²) in [6, 6.07) is 1.49. The van der Waals surface area contributed by atoms with E-state index in [1.165, 1.54) is 6.07 Å². The first kappa shape index (κ1) is 5.51. The fourth-order valence-electron chi connectivity index (χ4n) is 0.514. The fourth-order valence-corrected chi connectivity index (χ4v) is 0.758. The zero-order valence-electron chi connectivity index (χ0n) is 4.43. The molecule has 0 aromatic carbocycles. The van der Waals surface area contributed by atoms with Crippen molar-refractivity contribution in [1.29, 1.82) is 0 Å². The second-order valence-corrected chi connectivity index (χ2v) is 2.06. The summed E-state index contributed by atoms with van der Waals surface area (Å²) in [7, 11) is 1.72. The largest absolute Gasteiger partial charge is 0.494 e. The predicted octanol–water partition coefficient (Wildman–Crippen LogP) is 1.38. The predicted molar refractivity (Wildman–Crippen MR) is 32.1 cm³/mol. The third kappa shape index (κ3) is 0.793. The Morgan fingerprint density at radius 2 is 2.38 bits per heavy atom. The van der Waals surface area contributed by atoms with Crippen molar-refractivity contribution in [2.75, 3.05) is 0 Å². The van der Waals surface area contributed by atoms with Crippen molar-refractivity contribution >= 4 is 11.6 Å². The number of aromatic hydroxyl groups is 1. The molecule has 0 radical (unpaired) electrons. The monoisotopic (exact) mass is 131 g/mol. The first-order chi connectivity index (χ1) is 3.70. The van der Waals surface area contributed by atoms with Gasteiger partial charge < -0.3 is 9.67 Å². The molecule has 0 amide bonds. The van der Waals surface area contributed by atoms with Gasteiger partial charge in [0.05, 0.1) is 5.02 Å². The number of hydrogen-bond acceptors (Lipinski definition) is 1. The van der Waals surface area contributed by atoms with Gasteiger partial charge in [0, 0.05) is 19.3 Å². The van der Waals surface area contributed by atoms with Crippen LogP contribution in [0.2, 0.25) is 5.02 Å². The molecule has 0 atom stereocenters. The van der Waals surface area contributed by atoms with E-state index < -0.39 is 0 Å². The quantitative estimate of drug-likeness (QED) is 0.566. The molecule has 1 aromatic heterocycles. The normalized spacial score (nSPS) is 9.75. The summed E-state index contributed by atoms with van der Waals surface area (Å²) in [5.41, 5.74) is 0. The molecule has 8 heavy (non-hydrogen) atoms. The second-order valence-electron chi connectivity index (χ2n) is 1.63. The van der Waals surface area contributed by atoms with Crippen LogP contribution >= 0.6 is 11.6 Å². The van der Waals surface area contributed by atoms with Gasteiger partial charge in [-0.3, -0.25) is 0 Å². The summed E-state index contributed by atoms with van der Waals surface area (Å²) in [6.45, 7) is 0. The van der Waals surface area contributed by atoms with Crippen molar-refractivity contribution in [3.05, 3.63) is 17.3 Å². The molecule has 2 nitrogen and oxygen atoms in total. The maximum atomic E-state index is 8.82. The topological polar surface area (TPSA) is 25.2 Å². The molecule has 0 fully saturated rings. The van der Waals surface area contributed by atoms with Crippen LogP contribution in [0, 0.1) is 0 Å². The van der Waals surface area contributed by atoms with Gasteiger partial charge in [0.2, 0.25) is 0 Å². The highest BCUT2D eigenvalue weighted by molar-refractivity contribution is 6.30. The zero-order chi connectivity index (χ0) is 6.15. The Kier molecular flexibility index (Phi) is 1.18. The van der Waals surface area contributed by atoms with Gasteiger partial charge in [0.15, 0.2) is 5.88 Å². The molecule has 0 aliphatic rings. The molecular formula is C5H6ClNO. The number of hydrogen-bond donors (Lipinski definition) is 1. The van der Waals surface area contributed by atoms with Crippen molar-refractivity contribution in [2.45, 2.75) is 0 Å². The van der Waals surface area contributed by atoms with Crippen LogP contribution in [0.15, 0.2) is 12.3 Å². The van der Waals surface area contributed by atoms with Crippen molar-refractivity contribution < 1.29 is 5.11 Å². The van der Waals surface area contributed by atoms with Crippen molar-refractivity contribution in [2.24, 2.45) is 7.05 Å². The molecule has 1 aromatic rings. The minimum Gasteiger partial charge on any atom is -0.494 e. The molecule has 1 rings (SSSR count). The highest BCUT2D eigenvalue weighted by Gasteiger charge is 1.94. The standard InChI is InChI=1S/C5H6ClNO/c1-7-3-4(6)2-5(7)8/h2-3,8H,1H3. The zero-order valence-corrected chi connectivity index (χ0v) is 5.18. The molecular weight excluding hydrogens is 126 g/mol. The Morgan fingerprint density at radius 1 is 1.75 bits per heavy atom. The number of rotatable bonds is 0. The van der Waals surface area contributed by atoms with Gasteiger partial charge in [-0.05, 0) is 0 Å². The molecule has 1 heterocycles. The smallest absolute Gasteiger partial charge is 0.192 e. The van der Waals surface area contributed by atoms with E-state index in [2.05, 4.69) is 0 Å². The highest BCUT2D eigenvalue weighted by atomic mass is 35.5. The summed E-state index contributed by atoms with van der Waals surface area (Å²) < 4.78 is 1.54. The summed E-state index contributed by atoms with van der Waals surface area (Å²) in [6.07, 6.45) is 1.64. The fraction of sp³-hybridized carbons (Fsp3) is 0.200. The van der Waals surface area contributed by atoms with Crippen LogP contribution in [0.1, 0.15) is 0 Å². The molecule has 0 saturated carbocycles. The third-order valence-corrected chi connectivity index (χ3v) is 1.15. The summed E-state index contributed by atoms with van der Waals surface area (Å²) in [5, 5.41) is 9.38. The highest BCUT2D eigenvalue weighted by Crippen LogP contribution is 2.16. The molecule has 44 valence electrons. The molecule has 0 saturated heterocycles. The van der Waals surface area contributed by atoms with Gasteiger partial charge in [-0.2, -0.15) is 0 Å². The average Bonchev–Trinajstić information content (AvgIpc) is 1.85. The lowest BCUT2D eigenvalue weighted by Gasteiger charge is -1.88. The Labute approximate surface area is 52.3 Å². The van der Waals surface area contributed by atoms with E-state index in [9.17, 15) is 0 Å². The Balaban J connectivity index is 3.14. The molecule has 0 aliphatic heterocycles. The molecule has 0 bridgehead atoms. The van der Waals surface area contributed by atoms with Crippen LogP contribution in [-0.4, -0.2) is 9.67 Å². The van der Waals surface area contributed by atoms with Gasteiger partial charge in [0.1, 0.15) is 0 Å². The van der Waals surface area contributed by atoms with Gasteiger partial charge in [-0.1, -0.05) is 11.6 Å². The summed E-state index contributed by atoms with van der Waals surface area (Å²) >= 11 is 5.48. The van der Waals surface area contributed by atoms with Gasteiger partial charge in [-0.15, -0.1) is 0 Å². The van der Waals surface area contributed by atoms with E-state index in [1.54, 1.807) is 17.8 Å². The van der Waals surface area contributed by atoms with Gasteiger partial charge in [-0.25, -0.2) is 0 Å². The molecule has 0 unspecified atom stereocenters. The van der Waals surface area contributed by atoms with Crippen molar-refractivity contribution in [3.63, 3.8) is 0 Å². The third-order valence-electron chi connectivity index (χ3n) is 0.945. The van der Waals surface area contributed by atoms with Crippen molar-refractivity contribution in [1.82, 2.24) is 4.57 Å². The number of nitrogens with zero attached hydrogens (tertiary/aromatic N) is 1.